The minimum Gasteiger partial charge on any atom is -0.497 e. The Morgan fingerprint density at radius 1 is 1.22 bits per heavy atom. The molecule has 2 unspecified atom stereocenters. The number of ether oxygens (including phenoxy) is 1. The Bertz CT molecular complexity index is 446. The molecule has 2 heterocycles. The standard InChI is InChI=1S/C15H20O2S/c1-10-5-11(7-12(6-10)17-2)15(16)8-13-3-4-14(9-15)18-13/h5-7,13-14,16H,3-4,8-9H2,1-2H3. The van der Waals surface area contributed by atoms with Crippen molar-refractivity contribution in [3.05, 3.63) is 29.3 Å². The third-order valence-corrected chi connectivity index (χ3v) is 5.72. The van der Waals surface area contributed by atoms with Gasteiger partial charge in [-0.05, 0) is 55.9 Å². The minimum atomic E-state index is -0.642. The molecule has 18 heavy (non-hydrogen) atoms. The van der Waals surface area contributed by atoms with Gasteiger partial charge in [-0.15, -0.1) is 0 Å². The summed E-state index contributed by atoms with van der Waals surface area (Å²) in [6.45, 7) is 2.06. The second-order valence-electron chi connectivity index (χ2n) is 5.64. The number of thioether (sulfide) groups is 1. The Morgan fingerprint density at radius 2 is 1.89 bits per heavy atom. The van der Waals surface area contributed by atoms with Crippen LogP contribution in [0.1, 0.15) is 36.8 Å². The van der Waals surface area contributed by atoms with Crippen molar-refractivity contribution in [1.82, 2.24) is 0 Å². The van der Waals surface area contributed by atoms with E-state index in [1.807, 2.05) is 12.1 Å². The molecule has 3 heteroatoms. The van der Waals surface area contributed by atoms with Crippen LogP contribution >= 0.6 is 11.8 Å². The normalized spacial score (nSPS) is 34.6. The zero-order valence-electron chi connectivity index (χ0n) is 11.0. The van der Waals surface area contributed by atoms with Crippen LogP contribution in [0.3, 0.4) is 0 Å². The topological polar surface area (TPSA) is 29.5 Å². The van der Waals surface area contributed by atoms with Crippen LogP contribution < -0.4 is 4.74 Å². The van der Waals surface area contributed by atoms with Crippen molar-refractivity contribution < 1.29 is 9.84 Å². The van der Waals surface area contributed by atoms with E-state index >= 15 is 0 Å². The van der Waals surface area contributed by atoms with Gasteiger partial charge in [0, 0.05) is 10.5 Å². The molecule has 2 aliphatic rings. The molecule has 98 valence electrons. The van der Waals surface area contributed by atoms with Crippen molar-refractivity contribution in [3.8, 4) is 5.75 Å². The van der Waals surface area contributed by atoms with Crippen LogP contribution in [0.4, 0.5) is 0 Å². The lowest BCUT2D eigenvalue weighted by atomic mass is 9.85. The number of fused-ring (bicyclic) bond motifs is 2. The van der Waals surface area contributed by atoms with Gasteiger partial charge >= 0.3 is 0 Å². The van der Waals surface area contributed by atoms with Gasteiger partial charge in [-0.3, -0.25) is 0 Å². The number of hydrogen-bond acceptors (Lipinski definition) is 3. The molecule has 2 saturated heterocycles. The smallest absolute Gasteiger partial charge is 0.119 e. The van der Waals surface area contributed by atoms with Crippen LogP contribution in [0.5, 0.6) is 5.75 Å². The summed E-state index contributed by atoms with van der Waals surface area (Å²) in [5.41, 5.74) is 1.55. The fourth-order valence-electron chi connectivity index (χ4n) is 3.29. The van der Waals surface area contributed by atoms with Crippen molar-refractivity contribution >= 4 is 11.8 Å². The summed E-state index contributed by atoms with van der Waals surface area (Å²) in [5.74, 6) is 0.851. The summed E-state index contributed by atoms with van der Waals surface area (Å²) < 4.78 is 5.32. The van der Waals surface area contributed by atoms with E-state index in [2.05, 4.69) is 24.8 Å². The third-order valence-electron chi connectivity index (χ3n) is 4.15. The Kier molecular flexibility index (Phi) is 3.07. The molecule has 0 radical (unpaired) electrons. The van der Waals surface area contributed by atoms with Crippen molar-refractivity contribution in [1.29, 1.82) is 0 Å². The minimum absolute atomic E-state index is 0.639. The van der Waals surface area contributed by atoms with Gasteiger partial charge in [0.1, 0.15) is 5.75 Å². The Morgan fingerprint density at radius 3 is 2.50 bits per heavy atom. The largest absolute Gasteiger partial charge is 0.497 e. The van der Waals surface area contributed by atoms with Crippen molar-refractivity contribution in [2.24, 2.45) is 0 Å². The lowest BCUT2D eigenvalue weighted by molar-refractivity contribution is 0.0194. The van der Waals surface area contributed by atoms with Crippen LogP contribution in [0.15, 0.2) is 18.2 Å². The van der Waals surface area contributed by atoms with Crippen molar-refractivity contribution in [2.45, 2.75) is 48.7 Å². The quantitative estimate of drug-likeness (QED) is 0.889. The average Bonchev–Trinajstić information content (AvgIpc) is 2.68. The van der Waals surface area contributed by atoms with Crippen molar-refractivity contribution in [3.63, 3.8) is 0 Å². The fraction of sp³-hybridized carbons (Fsp3) is 0.600. The molecule has 0 aromatic heterocycles. The van der Waals surface area contributed by atoms with E-state index in [9.17, 15) is 5.11 Å². The first-order chi connectivity index (χ1) is 8.59. The van der Waals surface area contributed by atoms with Crippen LogP contribution in [0.25, 0.3) is 0 Å². The number of hydrogen-bond donors (Lipinski definition) is 1. The second kappa shape index (κ2) is 4.46. The van der Waals surface area contributed by atoms with Gasteiger partial charge in [-0.1, -0.05) is 6.07 Å². The fourth-order valence-corrected chi connectivity index (χ4v) is 5.12. The third kappa shape index (κ3) is 2.14. The van der Waals surface area contributed by atoms with Gasteiger partial charge in [0.15, 0.2) is 0 Å². The molecule has 1 aromatic carbocycles. The summed E-state index contributed by atoms with van der Waals surface area (Å²) >= 11 is 2.07. The molecular weight excluding hydrogens is 244 g/mol. The highest BCUT2D eigenvalue weighted by Crippen LogP contribution is 2.51. The Hall–Kier alpha value is -0.670. The number of methoxy groups -OCH3 is 1. The SMILES string of the molecule is COc1cc(C)cc(C2(O)CC3CCC(C2)S3)c1. The van der Waals surface area contributed by atoms with E-state index in [0.29, 0.717) is 10.5 Å². The number of aliphatic hydroxyl groups is 1. The van der Waals surface area contributed by atoms with E-state index in [-0.39, 0.29) is 0 Å². The van der Waals surface area contributed by atoms with E-state index < -0.39 is 5.60 Å². The second-order valence-corrected chi connectivity index (χ2v) is 7.24. The Balaban J connectivity index is 1.95. The molecule has 2 fully saturated rings. The van der Waals surface area contributed by atoms with Gasteiger partial charge in [0.05, 0.1) is 12.7 Å². The average molecular weight is 264 g/mol. The molecule has 2 aliphatic heterocycles. The first-order valence-electron chi connectivity index (χ1n) is 6.63. The molecule has 3 rings (SSSR count). The number of aryl methyl sites for hydroxylation is 1. The maximum absolute atomic E-state index is 11.0. The van der Waals surface area contributed by atoms with E-state index in [1.54, 1.807) is 7.11 Å². The summed E-state index contributed by atoms with van der Waals surface area (Å²) in [6.07, 6.45) is 4.31. The molecule has 1 aromatic rings. The highest BCUT2D eigenvalue weighted by Gasteiger charge is 2.44. The van der Waals surface area contributed by atoms with E-state index in [4.69, 9.17) is 4.74 Å². The van der Waals surface area contributed by atoms with Crippen molar-refractivity contribution in [2.75, 3.05) is 7.11 Å². The molecule has 0 amide bonds. The maximum Gasteiger partial charge on any atom is 0.119 e. The summed E-state index contributed by atoms with van der Waals surface area (Å²) in [6, 6.07) is 6.12. The molecular formula is C15H20O2S. The first-order valence-corrected chi connectivity index (χ1v) is 7.57. The molecule has 1 N–H and O–H groups in total. The molecule has 0 saturated carbocycles. The monoisotopic (exact) mass is 264 g/mol. The zero-order valence-corrected chi connectivity index (χ0v) is 11.8. The molecule has 0 spiro atoms. The van der Waals surface area contributed by atoms with Gasteiger partial charge in [0.25, 0.3) is 0 Å². The van der Waals surface area contributed by atoms with E-state index in [1.165, 1.54) is 12.8 Å². The highest BCUT2D eigenvalue weighted by atomic mass is 32.2. The molecule has 2 nitrogen and oxygen atoms in total. The molecule has 0 aliphatic carbocycles. The molecule has 2 atom stereocenters. The molecule has 2 bridgehead atoms. The van der Waals surface area contributed by atoms with E-state index in [0.717, 1.165) is 29.7 Å². The summed E-state index contributed by atoms with van der Waals surface area (Å²) in [4.78, 5) is 0. The Labute approximate surface area is 113 Å². The first kappa shape index (κ1) is 12.4. The lowest BCUT2D eigenvalue weighted by Crippen LogP contribution is -2.34. The predicted octanol–water partition coefficient (Wildman–Crippen LogP) is 3.25. The summed E-state index contributed by atoms with van der Waals surface area (Å²) in [5, 5.41) is 12.3. The van der Waals surface area contributed by atoms with Gasteiger partial charge in [-0.25, -0.2) is 0 Å². The summed E-state index contributed by atoms with van der Waals surface area (Å²) in [7, 11) is 1.68. The van der Waals surface area contributed by atoms with Crippen LogP contribution in [-0.2, 0) is 5.60 Å². The zero-order chi connectivity index (χ0) is 12.8. The van der Waals surface area contributed by atoms with Crippen LogP contribution in [0.2, 0.25) is 0 Å². The lowest BCUT2D eigenvalue weighted by Gasteiger charge is -2.36. The van der Waals surface area contributed by atoms with Crippen LogP contribution in [-0.4, -0.2) is 22.7 Å². The van der Waals surface area contributed by atoms with Gasteiger partial charge in [0.2, 0.25) is 0 Å². The van der Waals surface area contributed by atoms with Gasteiger partial charge < -0.3 is 9.84 Å². The van der Waals surface area contributed by atoms with Gasteiger partial charge in [-0.2, -0.15) is 11.8 Å². The number of benzene rings is 1. The highest BCUT2D eigenvalue weighted by molar-refractivity contribution is 8.00. The number of rotatable bonds is 2. The predicted molar refractivity (Wildman–Crippen MR) is 75.3 cm³/mol. The maximum atomic E-state index is 11.0. The van der Waals surface area contributed by atoms with Crippen LogP contribution in [0, 0.1) is 6.92 Å².